The van der Waals surface area contributed by atoms with E-state index in [1.165, 1.54) is 32.8 Å². The Hall–Kier alpha value is -1.88. The fourth-order valence-corrected chi connectivity index (χ4v) is 2.73. The van der Waals surface area contributed by atoms with Gasteiger partial charge < -0.3 is 15.4 Å². The van der Waals surface area contributed by atoms with Gasteiger partial charge in [-0.05, 0) is 37.1 Å². The number of carbonyl (C=O) groups excluding carboxylic acids is 2. The molecular weight excluding hydrogens is 280 g/mol. The zero-order valence-electron chi connectivity index (χ0n) is 13.1. The molecule has 1 aromatic carbocycles. The first-order valence-electron chi connectivity index (χ1n) is 7.90. The largest absolute Gasteiger partial charge is 0.465 e. The number of amides is 1. The van der Waals surface area contributed by atoms with Gasteiger partial charge in [0.05, 0.1) is 19.2 Å². The molecule has 22 heavy (non-hydrogen) atoms. The molecule has 0 bridgehead atoms. The molecule has 0 aromatic heterocycles. The first-order valence-corrected chi connectivity index (χ1v) is 7.90. The number of rotatable bonds is 5. The van der Waals surface area contributed by atoms with Gasteiger partial charge in [-0.25, -0.2) is 4.79 Å². The van der Waals surface area contributed by atoms with Crippen LogP contribution in [0.2, 0.25) is 0 Å². The minimum absolute atomic E-state index is 0.0601. The first kappa shape index (κ1) is 16.5. The summed E-state index contributed by atoms with van der Waals surface area (Å²) in [7, 11) is 1.34. The van der Waals surface area contributed by atoms with E-state index in [1.807, 2.05) is 0 Å². The monoisotopic (exact) mass is 304 g/mol. The molecule has 5 nitrogen and oxygen atoms in total. The molecule has 1 aliphatic rings. The molecule has 5 heteroatoms. The third kappa shape index (κ3) is 5.15. The topological polar surface area (TPSA) is 67.4 Å². The van der Waals surface area contributed by atoms with Gasteiger partial charge in [-0.1, -0.05) is 25.7 Å². The molecule has 1 saturated carbocycles. The van der Waals surface area contributed by atoms with Crippen molar-refractivity contribution in [3.8, 4) is 0 Å². The number of nitrogens with one attached hydrogen (secondary N) is 2. The van der Waals surface area contributed by atoms with Gasteiger partial charge in [-0.3, -0.25) is 4.79 Å². The van der Waals surface area contributed by atoms with E-state index >= 15 is 0 Å². The maximum absolute atomic E-state index is 12.0. The Morgan fingerprint density at radius 2 is 1.73 bits per heavy atom. The smallest absolute Gasteiger partial charge is 0.337 e. The van der Waals surface area contributed by atoms with E-state index in [0.29, 0.717) is 23.8 Å². The van der Waals surface area contributed by atoms with E-state index in [9.17, 15) is 9.59 Å². The number of carbonyl (C=O) groups is 2. The number of esters is 1. The molecule has 0 unspecified atom stereocenters. The molecule has 1 amide bonds. The van der Waals surface area contributed by atoms with Crippen molar-refractivity contribution in [2.75, 3.05) is 19.0 Å². The summed E-state index contributed by atoms with van der Waals surface area (Å²) in [4.78, 5) is 23.3. The predicted octanol–water partition coefficient (Wildman–Crippen LogP) is 2.72. The lowest BCUT2D eigenvalue weighted by Gasteiger charge is -2.15. The van der Waals surface area contributed by atoms with Crippen molar-refractivity contribution in [1.29, 1.82) is 0 Å². The zero-order valence-corrected chi connectivity index (χ0v) is 13.1. The van der Waals surface area contributed by atoms with Crippen molar-refractivity contribution in [2.45, 2.75) is 44.6 Å². The summed E-state index contributed by atoms with van der Waals surface area (Å²) in [5, 5.41) is 6.16. The van der Waals surface area contributed by atoms with Gasteiger partial charge >= 0.3 is 5.97 Å². The molecule has 0 saturated heterocycles. The van der Waals surface area contributed by atoms with Crippen molar-refractivity contribution < 1.29 is 14.3 Å². The highest BCUT2D eigenvalue weighted by molar-refractivity contribution is 5.93. The lowest BCUT2D eigenvalue weighted by Crippen LogP contribution is -2.35. The van der Waals surface area contributed by atoms with Crippen LogP contribution >= 0.6 is 0 Å². The molecule has 1 aliphatic carbocycles. The number of methoxy groups -OCH3 is 1. The highest BCUT2D eigenvalue weighted by Crippen LogP contribution is 2.17. The average Bonchev–Trinajstić information content (AvgIpc) is 2.81. The molecule has 2 rings (SSSR count). The van der Waals surface area contributed by atoms with E-state index in [0.717, 1.165) is 12.8 Å². The summed E-state index contributed by atoms with van der Waals surface area (Å²) >= 11 is 0. The van der Waals surface area contributed by atoms with Crippen LogP contribution in [0.5, 0.6) is 0 Å². The Morgan fingerprint density at radius 3 is 2.32 bits per heavy atom. The molecule has 0 spiro atoms. The Balaban J connectivity index is 1.77. The van der Waals surface area contributed by atoms with Crippen molar-refractivity contribution >= 4 is 17.6 Å². The van der Waals surface area contributed by atoms with Gasteiger partial charge in [0.2, 0.25) is 5.91 Å². The van der Waals surface area contributed by atoms with E-state index in [1.54, 1.807) is 24.3 Å². The van der Waals surface area contributed by atoms with Crippen molar-refractivity contribution in [3.63, 3.8) is 0 Å². The second kappa shape index (κ2) is 8.54. The predicted molar refractivity (Wildman–Crippen MR) is 85.9 cm³/mol. The average molecular weight is 304 g/mol. The summed E-state index contributed by atoms with van der Waals surface area (Å²) in [5.41, 5.74) is 1.15. The van der Waals surface area contributed by atoms with Gasteiger partial charge in [0.1, 0.15) is 0 Å². The van der Waals surface area contributed by atoms with Crippen LogP contribution < -0.4 is 10.6 Å². The fourth-order valence-electron chi connectivity index (χ4n) is 2.73. The molecule has 0 radical (unpaired) electrons. The molecule has 2 N–H and O–H groups in total. The van der Waals surface area contributed by atoms with Crippen LogP contribution in [0.3, 0.4) is 0 Å². The summed E-state index contributed by atoms with van der Waals surface area (Å²) < 4.78 is 4.64. The molecule has 1 fully saturated rings. The Kier molecular flexibility index (Phi) is 6.40. The maximum atomic E-state index is 12.0. The zero-order chi connectivity index (χ0) is 15.8. The second-order valence-electron chi connectivity index (χ2n) is 5.69. The summed E-state index contributed by atoms with van der Waals surface area (Å²) in [6.45, 7) is 0.323. The van der Waals surface area contributed by atoms with Crippen LogP contribution in [0.4, 0.5) is 5.69 Å². The van der Waals surface area contributed by atoms with Gasteiger partial charge in [0, 0.05) is 11.7 Å². The quantitative estimate of drug-likeness (QED) is 0.648. The minimum Gasteiger partial charge on any atom is -0.465 e. The lowest BCUT2D eigenvalue weighted by atomic mass is 10.1. The van der Waals surface area contributed by atoms with Crippen molar-refractivity contribution in [1.82, 2.24) is 5.32 Å². The second-order valence-corrected chi connectivity index (χ2v) is 5.69. The fraction of sp³-hybridized carbons (Fsp3) is 0.529. The molecule has 0 atom stereocenters. The standard InChI is InChI=1S/C17H24N2O3/c1-22-17(21)13-8-10-15(11-9-13)19-16(20)12-18-14-6-4-2-3-5-7-14/h8-11,14,18H,2-7,12H2,1H3,(H,19,20). The third-order valence-electron chi connectivity index (χ3n) is 4.00. The van der Waals surface area contributed by atoms with Gasteiger partial charge in [0.25, 0.3) is 0 Å². The maximum Gasteiger partial charge on any atom is 0.337 e. The Morgan fingerprint density at radius 1 is 1.09 bits per heavy atom. The van der Waals surface area contributed by atoms with E-state index in [-0.39, 0.29) is 11.9 Å². The highest BCUT2D eigenvalue weighted by Gasteiger charge is 2.13. The van der Waals surface area contributed by atoms with Crippen LogP contribution in [0.25, 0.3) is 0 Å². The summed E-state index contributed by atoms with van der Waals surface area (Å²) in [6, 6.07) is 7.14. The van der Waals surface area contributed by atoms with Crippen LogP contribution in [-0.4, -0.2) is 31.6 Å². The van der Waals surface area contributed by atoms with Crippen molar-refractivity contribution in [3.05, 3.63) is 29.8 Å². The van der Waals surface area contributed by atoms with E-state index in [4.69, 9.17) is 0 Å². The number of anilines is 1. The number of ether oxygens (including phenoxy) is 1. The Bertz CT molecular complexity index is 491. The summed E-state index contributed by atoms with van der Waals surface area (Å²) in [5.74, 6) is -0.442. The lowest BCUT2D eigenvalue weighted by molar-refractivity contribution is -0.115. The summed E-state index contributed by atoms with van der Waals surface area (Å²) in [6.07, 6.45) is 7.40. The van der Waals surface area contributed by atoms with Gasteiger partial charge in [0.15, 0.2) is 0 Å². The highest BCUT2D eigenvalue weighted by atomic mass is 16.5. The first-order chi connectivity index (χ1) is 10.7. The minimum atomic E-state index is -0.382. The third-order valence-corrected chi connectivity index (χ3v) is 4.00. The molecule has 0 aliphatic heterocycles. The van der Waals surface area contributed by atoms with Crippen LogP contribution in [-0.2, 0) is 9.53 Å². The SMILES string of the molecule is COC(=O)c1ccc(NC(=O)CNC2CCCCCC2)cc1. The molecule has 1 aromatic rings. The molecule has 0 heterocycles. The molecular formula is C17H24N2O3. The van der Waals surface area contributed by atoms with Gasteiger partial charge in [-0.15, -0.1) is 0 Å². The van der Waals surface area contributed by atoms with Crippen LogP contribution in [0, 0.1) is 0 Å². The number of hydrogen-bond donors (Lipinski definition) is 2. The Labute approximate surface area is 131 Å². The molecule has 120 valence electrons. The normalized spacial score (nSPS) is 15.9. The number of hydrogen-bond acceptors (Lipinski definition) is 4. The number of benzene rings is 1. The van der Waals surface area contributed by atoms with Crippen LogP contribution in [0.15, 0.2) is 24.3 Å². The van der Waals surface area contributed by atoms with E-state index in [2.05, 4.69) is 15.4 Å². The van der Waals surface area contributed by atoms with Crippen LogP contribution in [0.1, 0.15) is 48.9 Å². The van der Waals surface area contributed by atoms with E-state index < -0.39 is 0 Å². The van der Waals surface area contributed by atoms with Crippen molar-refractivity contribution in [2.24, 2.45) is 0 Å². The van der Waals surface area contributed by atoms with Gasteiger partial charge in [-0.2, -0.15) is 0 Å².